The van der Waals surface area contributed by atoms with Crippen molar-refractivity contribution in [2.45, 2.75) is 136 Å². The van der Waals surface area contributed by atoms with Gasteiger partial charge in [-0.15, -0.1) is 0 Å². The Kier molecular flexibility index (Phi) is 26.1. The molecule has 0 bridgehead atoms. The monoisotopic (exact) mass is 660 g/mol. The van der Waals surface area contributed by atoms with E-state index in [2.05, 4.69) is 0 Å². The maximum Gasteiger partial charge on any atom is 0.339 e. The van der Waals surface area contributed by atoms with Crippen LogP contribution in [0, 0.1) is 0 Å². The quantitative estimate of drug-likeness (QED) is 0.0665. The SMILES string of the molecule is CCCC(=O)OCCCCCOC(=O)CC(O)(CC(=O)OCCCCCOC(=O)CCC)C(=O)OCCCCCOC(=O)CCC. The standard InChI is InChI=1S/C33H56O13/c1-4-16-27(34)41-19-10-7-13-22-44-30(37)25-33(40,32(39)46-24-15-9-12-21-43-29(36)18-6-3)26-31(38)45-23-14-8-11-20-42-28(35)17-5-2/h40H,4-26H2,1-3H3. The molecular weight excluding hydrogens is 604 g/mol. The van der Waals surface area contributed by atoms with Gasteiger partial charge < -0.3 is 33.5 Å². The third kappa shape index (κ3) is 24.1. The van der Waals surface area contributed by atoms with Gasteiger partial charge in [0.15, 0.2) is 5.60 Å². The number of carbonyl (C=O) groups excluding carboxylic acids is 6. The molecule has 0 saturated heterocycles. The first-order valence-corrected chi connectivity index (χ1v) is 16.8. The number of rotatable bonds is 29. The van der Waals surface area contributed by atoms with Crippen molar-refractivity contribution >= 4 is 35.8 Å². The number of esters is 6. The minimum absolute atomic E-state index is 0.0217. The van der Waals surface area contributed by atoms with Crippen LogP contribution < -0.4 is 0 Å². The molecule has 0 aromatic rings. The highest BCUT2D eigenvalue weighted by Gasteiger charge is 2.43. The minimum atomic E-state index is -2.48. The second kappa shape index (κ2) is 28.0. The van der Waals surface area contributed by atoms with Gasteiger partial charge in [0.25, 0.3) is 0 Å². The van der Waals surface area contributed by atoms with Crippen molar-refractivity contribution in [1.29, 1.82) is 0 Å². The molecule has 0 radical (unpaired) electrons. The number of hydrogen-bond donors (Lipinski definition) is 1. The van der Waals surface area contributed by atoms with Crippen molar-refractivity contribution in [2.75, 3.05) is 39.6 Å². The molecule has 1 N–H and O–H groups in total. The lowest BCUT2D eigenvalue weighted by atomic mass is 9.95. The number of hydrogen-bond acceptors (Lipinski definition) is 13. The van der Waals surface area contributed by atoms with Gasteiger partial charge in [-0.1, -0.05) is 20.8 Å². The lowest BCUT2D eigenvalue weighted by Crippen LogP contribution is -2.45. The fourth-order valence-electron chi connectivity index (χ4n) is 3.99. The van der Waals surface area contributed by atoms with Crippen molar-refractivity contribution in [1.82, 2.24) is 0 Å². The molecule has 0 fully saturated rings. The molecule has 0 amide bonds. The molecule has 0 saturated carbocycles. The lowest BCUT2D eigenvalue weighted by Gasteiger charge is -2.24. The highest BCUT2D eigenvalue weighted by molar-refractivity contribution is 5.90. The summed E-state index contributed by atoms with van der Waals surface area (Å²) >= 11 is 0. The van der Waals surface area contributed by atoms with Gasteiger partial charge in [0.2, 0.25) is 0 Å². The summed E-state index contributed by atoms with van der Waals surface area (Å²) in [4.78, 5) is 72.0. The van der Waals surface area contributed by atoms with Crippen LogP contribution in [-0.4, -0.2) is 86.2 Å². The van der Waals surface area contributed by atoms with E-state index in [-0.39, 0.29) is 57.5 Å². The van der Waals surface area contributed by atoms with Crippen LogP contribution in [0.1, 0.15) is 130 Å². The molecule has 0 aromatic carbocycles. The predicted molar refractivity (Wildman–Crippen MR) is 166 cm³/mol. The van der Waals surface area contributed by atoms with Crippen LogP contribution in [0.25, 0.3) is 0 Å². The topological polar surface area (TPSA) is 178 Å². The van der Waals surface area contributed by atoms with E-state index in [1.165, 1.54) is 0 Å². The van der Waals surface area contributed by atoms with Crippen LogP contribution >= 0.6 is 0 Å². The Balaban J connectivity index is 4.71. The van der Waals surface area contributed by atoms with Crippen LogP contribution in [0.2, 0.25) is 0 Å². The van der Waals surface area contributed by atoms with Crippen molar-refractivity contribution in [3.05, 3.63) is 0 Å². The van der Waals surface area contributed by atoms with E-state index in [1.807, 2.05) is 20.8 Å². The Labute approximate surface area is 273 Å². The number of unbranched alkanes of at least 4 members (excludes halogenated alkanes) is 6. The molecule has 0 heterocycles. The zero-order valence-corrected chi connectivity index (χ0v) is 28.1. The van der Waals surface area contributed by atoms with Crippen LogP contribution in [0.5, 0.6) is 0 Å². The van der Waals surface area contributed by atoms with Gasteiger partial charge in [-0.05, 0) is 77.0 Å². The Morgan fingerprint density at radius 2 is 0.674 bits per heavy atom. The zero-order valence-electron chi connectivity index (χ0n) is 28.1. The summed E-state index contributed by atoms with van der Waals surface area (Å²) < 4.78 is 30.8. The summed E-state index contributed by atoms with van der Waals surface area (Å²) in [6.07, 6.45) is 6.60. The van der Waals surface area contributed by atoms with E-state index in [0.29, 0.717) is 96.3 Å². The third-order valence-corrected chi connectivity index (χ3v) is 6.53. The normalized spacial score (nSPS) is 11.0. The zero-order chi connectivity index (χ0) is 34.5. The fraction of sp³-hybridized carbons (Fsp3) is 0.818. The van der Waals surface area contributed by atoms with E-state index < -0.39 is 36.4 Å². The predicted octanol–water partition coefficient (Wildman–Crippen LogP) is 4.67. The van der Waals surface area contributed by atoms with E-state index in [1.54, 1.807) is 0 Å². The first-order valence-electron chi connectivity index (χ1n) is 16.8. The summed E-state index contributed by atoms with van der Waals surface area (Å²) in [5.74, 6) is -3.67. The van der Waals surface area contributed by atoms with Crippen molar-refractivity contribution in [3.8, 4) is 0 Å². The Morgan fingerprint density at radius 1 is 0.413 bits per heavy atom. The maximum absolute atomic E-state index is 12.8. The second-order valence-electron chi connectivity index (χ2n) is 11.1. The van der Waals surface area contributed by atoms with Crippen molar-refractivity contribution in [2.24, 2.45) is 0 Å². The van der Waals surface area contributed by atoms with E-state index >= 15 is 0 Å². The van der Waals surface area contributed by atoms with E-state index in [0.717, 1.165) is 0 Å². The summed E-state index contributed by atoms with van der Waals surface area (Å²) in [5, 5.41) is 11.1. The van der Waals surface area contributed by atoms with Gasteiger partial charge in [0.05, 0.1) is 52.5 Å². The van der Waals surface area contributed by atoms with Crippen LogP contribution in [0.3, 0.4) is 0 Å². The van der Waals surface area contributed by atoms with Gasteiger partial charge in [-0.25, -0.2) is 4.79 Å². The summed E-state index contributed by atoms with van der Waals surface area (Å²) in [7, 11) is 0. The molecule has 0 aromatic heterocycles. The molecule has 0 atom stereocenters. The number of ether oxygens (including phenoxy) is 6. The molecule has 13 nitrogen and oxygen atoms in total. The smallest absolute Gasteiger partial charge is 0.339 e. The van der Waals surface area contributed by atoms with E-state index in [4.69, 9.17) is 28.4 Å². The summed E-state index contributed by atoms with van der Waals surface area (Å²) in [6.45, 7) is 6.43. The van der Waals surface area contributed by atoms with E-state index in [9.17, 15) is 33.9 Å². The molecule has 46 heavy (non-hydrogen) atoms. The Hall–Kier alpha value is -3.22. The van der Waals surface area contributed by atoms with Gasteiger partial charge in [-0.3, -0.25) is 24.0 Å². The van der Waals surface area contributed by atoms with Gasteiger partial charge >= 0.3 is 35.8 Å². The molecule has 0 aliphatic heterocycles. The highest BCUT2D eigenvalue weighted by Crippen LogP contribution is 2.21. The molecule has 0 aliphatic rings. The van der Waals surface area contributed by atoms with Crippen LogP contribution in [0.15, 0.2) is 0 Å². The first kappa shape index (κ1) is 42.8. The highest BCUT2D eigenvalue weighted by atomic mass is 16.6. The Morgan fingerprint density at radius 3 is 0.957 bits per heavy atom. The fourth-order valence-corrected chi connectivity index (χ4v) is 3.99. The number of aliphatic hydroxyl groups is 1. The molecule has 0 spiro atoms. The second-order valence-corrected chi connectivity index (χ2v) is 11.1. The third-order valence-electron chi connectivity index (χ3n) is 6.53. The molecule has 0 unspecified atom stereocenters. The summed E-state index contributed by atoms with van der Waals surface area (Å²) in [5.41, 5.74) is -2.48. The maximum atomic E-state index is 12.8. The van der Waals surface area contributed by atoms with Crippen LogP contribution in [-0.2, 0) is 57.2 Å². The van der Waals surface area contributed by atoms with Gasteiger partial charge in [-0.2, -0.15) is 0 Å². The summed E-state index contributed by atoms with van der Waals surface area (Å²) in [6, 6.07) is 0. The Bertz CT molecular complexity index is 841. The van der Waals surface area contributed by atoms with Gasteiger partial charge in [0, 0.05) is 19.3 Å². The molecule has 266 valence electrons. The van der Waals surface area contributed by atoms with Crippen molar-refractivity contribution < 1.29 is 62.3 Å². The average Bonchev–Trinajstić information content (AvgIpc) is 2.99. The molecule has 13 heteroatoms. The van der Waals surface area contributed by atoms with Gasteiger partial charge in [0.1, 0.15) is 0 Å². The largest absolute Gasteiger partial charge is 0.466 e. The van der Waals surface area contributed by atoms with Crippen molar-refractivity contribution in [3.63, 3.8) is 0 Å². The molecule has 0 aliphatic carbocycles. The lowest BCUT2D eigenvalue weighted by molar-refractivity contribution is -0.178. The number of carbonyl (C=O) groups is 6. The van der Waals surface area contributed by atoms with Crippen LogP contribution in [0.4, 0.5) is 0 Å². The minimum Gasteiger partial charge on any atom is -0.466 e. The first-order chi connectivity index (χ1) is 22.1. The molecule has 0 rings (SSSR count). The molecular formula is C33H56O13. The average molecular weight is 661 g/mol.